The molecule has 1 N–H and O–H groups in total. The molecule has 0 aliphatic rings. The fraction of sp³-hybridized carbons (Fsp3) is 0.267. The molecule has 1 unspecified atom stereocenters. The second kappa shape index (κ2) is 6.26. The maximum atomic E-state index is 13.3. The molecule has 94 valence electrons. The molecule has 1 heterocycles. The van der Waals surface area contributed by atoms with E-state index in [0.717, 1.165) is 24.1 Å². The highest BCUT2D eigenvalue weighted by Gasteiger charge is 2.11. The molecule has 0 bridgehead atoms. The Kier molecular flexibility index (Phi) is 4.42. The molecule has 18 heavy (non-hydrogen) atoms. The first kappa shape index (κ1) is 12.7. The standard InChI is InChI=1S/C15H17FN2/c1-2-18-15(9-12-5-4-8-17-11-12)13-6-3-7-14(16)10-13/h3-8,10-11,15,18H,2,9H2,1H3. The highest BCUT2D eigenvalue weighted by Crippen LogP contribution is 2.18. The number of nitrogens with zero attached hydrogens (tertiary/aromatic N) is 1. The fourth-order valence-corrected chi connectivity index (χ4v) is 2.03. The van der Waals surface area contributed by atoms with Gasteiger partial charge in [0.05, 0.1) is 0 Å². The average molecular weight is 244 g/mol. The average Bonchev–Trinajstić information content (AvgIpc) is 2.39. The smallest absolute Gasteiger partial charge is 0.123 e. The Labute approximate surface area is 107 Å². The van der Waals surface area contributed by atoms with Crippen LogP contribution < -0.4 is 5.32 Å². The van der Waals surface area contributed by atoms with Gasteiger partial charge in [-0.05, 0) is 42.3 Å². The lowest BCUT2D eigenvalue weighted by Gasteiger charge is -2.18. The lowest BCUT2D eigenvalue weighted by Crippen LogP contribution is -2.23. The summed E-state index contributed by atoms with van der Waals surface area (Å²) in [6.45, 7) is 2.90. The molecule has 0 saturated heterocycles. The monoisotopic (exact) mass is 244 g/mol. The van der Waals surface area contributed by atoms with Crippen molar-refractivity contribution in [3.05, 3.63) is 65.7 Å². The summed E-state index contributed by atoms with van der Waals surface area (Å²) in [6.07, 6.45) is 4.42. The maximum absolute atomic E-state index is 13.3. The van der Waals surface area contributed by atoms with Gasteiger partial charge in [-0.3, -0.25) is 4.98 Å². The second-order valence-electron chi connectivity index (χ2n) is 4.23. The van der Waals surface area contributed by atoms with E-state index >= 15 is 0 Å². The molecule has 0 fully saturated rings. The number of nitrogens with one attached hydrogen (secondary N) is 1. The van der Waals surface area contributed by atoms with Crippen LogP contribution in [0.4, 0.5) is 4.39 Å². The third-order valence-electron chi connectivity index (χ3n) is 2.86. The van der Waals surface area contributed by atoms with Crippen LogP contribution in [0.2, 0.25) is 0 Å². The fourth-order valence-electron chi connectivity index (χ4n) is 2.03. The zero-order valence-electron chi connectivity index (χ0n) is 10.4. The van der Waals surface area contributed by atoms with Crippen molar-refractivity contribution in [3.8, 4) is 0 Å². The van der Waals surface area contributed by atoms with Gasteiger partial charge in [0.1, 0.15) is 5.82 Å². The quantitative estimate of drug-likeness (QED) is 0.874. The summed E-state index contributed by atoms with van der Waals surface area (Å²) < 4.78 is 13.3. The Morgan fingerprint density at radius 2 is 2.17 bits per heavy atom. The number of aromatic nitrogens is 1. The molecule has 3 heteroatoms. The van der Waals surface area contributed by atoms with E-state index in [1.807, 2.05) is 24.4 Å². The second-order valence-corrected chi connectivity index (χ2v) is 4.23. The summed E-state index contributed by atoms with van der Waals surface area (Å²) in [7, 11) is 0. The summed E-state index contributed by atoms with van der Waals surface area (Å²) in [5.41, 5.74) is 2.12. The normalized spacial score (nSPS) is 12.3. The maximum Gasteiger partial charge on any atom is 0.123 e. The van der Waals surface area contributed by atoms with Crippen LogP contribution in [-0.4, -0.2) is 11.5 Å². The molecule has 0 radical (unpaired) electrons. The minimum atomic E-state index is -0.193. The molecular formula is C15H17FN2. The van der Waals surface area contributed by atoms with Gasteiger partial charge < -0.3 is 5.32 Å². The van der Waals surface area contributed by atoms with Crippen LogP contribution in [-0.2, 0) is 6.42 Å². The van der Waals surface area contributed by atoms with Crippen molar-refractivity contribution >= 4 is 0 Å². The Balaban J connectivity index is 2.18. The Hall–Kier alpha value is -1.74. The summed E-state index contributed by atoms with van der Waals surface area (Å²) in [6, 6.07) is 10.8. The number of pyridine rings is 1. The first-order valence-electron chi connectivity index (χ1n) is 6.17. The molecule has 1 aromatic heterocycles. The van der Waals surface area contributed by atoms with Gasteiger partial charge >= 0.3 is 0 Å². The summed E-state index contributed by atoms with van der Waals surface area (Å²) >= 11 is 0. The Morgan fingerprint density at radius 1 is 1.28 bits per heavy atom. The predicted octanol–water partition coefficient (Wildman–Crippen LogP) is 3.11. The number of halogens is 1. The molecule has 2 nitrogen and oxygen atoms in total. The van der Waals surface area contributed by atoms with E-state index in [2.05, 4.69) is 17.2 Å². The van der Waals surface area contributed by atoms with Gasteiger partial charge in [-0.25, -0.2) is 4.39 Å². The number of hydrogen-bond acceptors (Lipinski definition) is 2. The van der Waals surface area contributed by atoms with E-state index in [1.165, 1.54) is 6.07 Å². The van der Waals surface area contributed by atoms with Crippen LogP contribution in [0.25, 0.3) is 0 Å². The molecule has 1 atom stereocenters. The van der Waals surface area contributed by atoms with Crippen molar-refractivity contribution in [1.29, 1.82) is 0 Å². The molecule has 0 saturated carbocycles. The zero-order chi connectivity index (χ0) is 12.8. The molecule has 2 aromatic rings. The van der Waals surface area contributed by atoms with Gasteiger partial charge in [-0.1, -0.05) is 25.1 Å². The summed E-state index contributed by atoms with van der Waals surface area (Å²) in [5, 5.41) is 3.38. The first-order chi connectivity index (χ1) is 8.79. The Bertz CT molecular complexity index is 485. The SMILES string of the molecule is CCNC(Cc1cccnc1)c1cccc(F)c1. The number of hydrogen-bond donors (Lipinski definition) is 1. The molecular weight excluding hydrogens is 227 g/mol. The number of rotatable bonds is 5. The minimum Gasteiger partial charge on any atom is -0.310 e. The van der Waals surface area contributed by atoms with Crippen molar-refractivity contribution in [2.24, 2.45) is 0 Å². The van der Waals surface area contributed by atoms with E-state index in [1.54, 1.807) is 18.3 Å². The zero-order valence-corrected chi connectivity index (χ0v) is 10.4. The van der Waals surface area contributed by atoms with E-state index in [9.17, 15) is 4.39 Å². The highest BCUT2D eigenvalue weighted by molar-refractivity contribution is 5.23. The molecule has 0 amide bonds. The van der Waals surface area contributed by atoms with Crippen LogP contribution in [0, 0.1) is 5.82 Å². The largest absolute Gasteiger partial charge is 0.310 e. The van der Waals surface area contributed by atoms with Crippen LogP contribution in [0.3, 0.4) is 0 Å². The topological polar surface area (TPSA) is 24.9 Å². The molecule has 0 aliphatic carbocycles. The van der Waals surface area contributed by atoms with E-state index < -0.39 is 0 Å². The molecule has 0 spiro atoms. The van der Waals surface area contributed by atoms with Gasteiger partial charge in [0.25, 0.3) is 0 Å². The highest BCUT2D eigenvalue weighted by atomic mass is 19.1. The summed E-state index contributed by atoms with van der Waals surface area (Å²) in [5.74, 6) is -0.193. The van der Waals surface area contributed by atoms with Crippen LogP contribution >= 0.6 is 0 Å². The van der Waals surface area contributed by atoms with Gasteiger partial charge in [-0.15, -0.1) is 0 Å². The van der Waals surface area contributed by atoms with E-state index in [0.29, 0.717) is 0 Å². The van der Waals surface area contributed by atoms with Gasteiger partial charge in [0.2, 0.25) is 0 Å². The van der Waals surface area contributed by atoms with Gasteiger partial charge in [-0.2, -0.15) is 0 Å². The van der Waals surface area contributed by atoms with E-state index in [4.69, 9.17) is 0 Å². The number of benzene rings is 1. The van der Waals surface area contributed by atoms with Gasteiger partial charge in [0.15, 0.2) is 0 Å². The lowest BCUT2D eigenvalue weighted by molar-refractivity contribution is 0.542. The third-order valence-corrected chi connectivity index (χ3v) is 2.86. The van der Waals surface area contributed by atoms with Crippen molar-refractivity contribution in [1.82, 2.24) is 10.3 Å². The lowest BCUT2D eigenvalue weighted by atomic mass is 10.00. The molecule has 2 rings (SSSR count). The van der Waals surface area contributed by atoms with Gasteiger partial charge in [0, 0.05) is 18.4 Å². The van der Waals surface area contributed by atoms with Crippen molar-refractivity contribution in [3.63, 3.8) is 0 Å². The first-order valence-corrected chi connectivity index (χ1v) is 6.17. The molecule has 0 aliphatic heterocycles. The van der Waals surface area contributed by atoms with Crippen molar-refractivity contribution in [2.45, 2.75) is 19.4 Å². The number of likely N-dealkylation sites (N-methyl/N-ethyl adjacent to an activating group) is 1. The van der Waals surface area contributed by atoms with Crippen LogP contribution in [0.15, 0.2) is 48.8 Å². The van der Waals surface area contributed by atoms with Crippen molar-refractivity contribution in [2.75, 3.05) is 6.54 Å². The summed E-state index contributed by atoms with van der Waals surface area (Å²) in [4.78, 5) is 4.11. The van der Waals surface area contributed by atoms with Crippen LogP contribution in [0.1, 0.15) is 24.1 Å². The predicted molar refractivity (Wildman–Crippen MR) is 70.8 cm³/mol. The van der Waals surface area contributed by atoms with Crippen LogP contribution in [0.5, 0.6) is 0 Å². The molecule has 1 aromatic carbocycles. The Morgan fingerprint density at radius 3 is 2.83 bits per heavy atom. The third kappa shape index (κ3) is 3.37. The van der Waals surface area contributed by atoms with Crippen molar-refractivity contribution < 1.29 is 4.39 Å². The minimum absolute atomic E-state index is 0.120. The van der Waals surface area contributed by atoms with E-state index in [-0.39, 0.29) is 11.9 Å².